The summed E-state index contributed by atoms with van der Waals surface area (Å²) in [6.07, 6.45) is 0. The van der Waals surface area contributed by atoms with Crippen LogP contribution >= 0.6 is 11.3 Å². The maximum absolute atomic E-state index is 5.17. The molecule has 0 saturated heterocycles. The van der Waals surface area contributed by atoms with E-state index in [9.17, 15) is 0 Å². The van der Waals surface area contributed by atoms with E-state index in [1.807, 2.05) is 29.8 Å². The molecule has 2 rings (SSSR count). The minimum atomic E-state index is 0.870. The molecule has 14 heavy (non-hydrogen) atoms. The molecule has 0 aliphatic rings. The van der Waals surface area contributed by atoms with Crippen molar-refractivity contribution in [2.24, 2.45) is 0 Å². The van der Waals surface area contributed by atoms with Crippen molar-refractivity contribution >= 4 is 11.3 Å². The van der Waals surface area contributed by atoms with Crippen molar-refractivity contribution in [3.63, 3.8) is 0 Å². The smallest absolute Gasteiger partial charge is 0.119 e. The summed E-state index contributed by atoms with van der Waals surface area (Å²) in [4.78, 5) is 5.56. The first-order chi connectivity index (χ1) is 6.81. The molecule has 72 valence electrons. The molecule has 0 unspecified atom stereocenters. The topological polar surface area (TPSA) is 22.1 Å². The Morgan fingerprint density at radius 1 is 1.36 bits per heavy atom. The van der Waals surface area contributed by atoms with E-state index in [4.69, 9.17) is 4.74 Å². The van der Waals surface area contributed by atoms with Gasteiger partial charge in [0.25, 0.3) is 0 Å². The van der Waals surface area contributed by atoms with Crippen LogP contribution in [-0.4, -0.2) is 12.1 Å². The Hall–Kier alpha value is -1.35. The van der Waals surface area contributed by atoms with Crippen LogP contribution in [0.4, 0.5) is 0 Å². The molecule has 0 saturated carbocycles. The zero-order valence-electron chi connectivity index (χ0n) is 8.15. The first-order valence-electron chi connectivity index (χ1n) is 4.36. The number of methoxy groups -OCH3 is 1. The molecule has 0 spiro atoms. The molecule has 1 heterocycles. The van der Waals surface area contributed by atoms with Crippen LogP contribution in [0.1, 0.15) is 4.88 Å². The van der Waals surface area contributed by atoms with Gasteiger partial charge in [-0.05, 0) is 19.1 Å². The van der Waals surface area contributed by atoms with Crippen LogP contribution in [0.15, 0.2) is 29.8 Å². The SMILES string of the molecule is COc1cccc(-c2ncsc2C)c1. The van der Waals surface area contributed by atoms with Crippen LogP contribution in [0.25, 0.3) is 11.3 Å². The Morgan fingerprint density at radius 2 is 2.21 bits per heavy atom. The molecule has 0 aliphatic carbocycles. The molecular formula is C11H11NOS. The summed E-state index contributed by atoms with van der Waals surface area (Å²) in [5.41, 5.74) is 4.03. The zero-order valence-corrected chi connectivity index (χ0v) is 8.97. The van der Waals surface area contributed by atoms with Gasteiger partial charge in [0.2, 0.25) is 0 Å². The van der Waals surface area contributed by atoms with Gasteiger partial charge in [0.05, 0.1) is 18.3 Å². The van der Waals surface area contributed by atoms with Gasteiger partial charge >= 0.3 is 0 Å². The van der Waals surface area contributed by atoms with Crippen molar-refractivity contribution in [3.05, 3.63) is 34.7 Å². The van der Waals surface area contributed by atoms with Crippen molar-refractivity contribution < 1.29 is 4.74 Å². The maximum atomic E-state index is 5.17. The van der Waals surface area contributed by atoms with Gasteiger partial charge in [-0.15, -0.1) is 11.3 Å². The first-order valence-corrected chi connectivity index (χ1v) is 5.24. The van der Waals surface area contributed by atoms with Crippen molar-refractivity contribution in [1.82, 2.24) is 4.98 Å². The maximum Gasteiger partial charge on any atom is 0.119 e. The normalized spacial score (nSPS) is 10.1. The highest BCUT2D eigenvalue weighted by atomic mass is 32.1. The van der Waals surface area contributed by atoms with E-state index in [-0.39, 0.29) is 0 Å². The zero-order chi connectivity index (χ0) is 9.97. The number of nitrogens with zero attached hydrogens (tertiary/aromatic N) is 1. The molecule has 1 aromatic heterocycles. The van der Waals surface area contributed by atoms with E-state index >= 15 is 0 Å². The highest BCUT2D eigenvalue weighted by Gasteiger charge is 2.04. The summed E-state index contributed by atoms with van der Waals surface area (Å²) in [5, 5.41) is 0. The Kier molecular flexibility index (Phi) is 2.50. The largest absolute Gasteiger partial charge is 0.497 e. The summed E-state index contributed by atoms with van der Waals surface area (Å²) in [6, 6.07) is 7.96. The average Bonchev–Trinajstić information content (AvgIpc) is 2.65. The molecule has 0 fully saturated rings. The molecule has 0 atom stereocenters. The molecule has 0 radical (unpaired) electrons. The molecule has 1 aromatic carbocycles. The molecule has 3 heteroatoms. The third-order valence-electron chi connectivity index (χ3n) is 2.09. The van der Waals surface area contributed by atoms with Crippen LogP contribution < -0.4 is 4.74 Å². The van der Waals surface area contributed by atoms with Crippen LogP contribution in [0.2, 0.25) is 0 Å². The summed E-state index contributed by atoms with van der Waals surface area (Å²) < 4.78 is 5.17. The quantitative estimate of drug-likeness (QED) is 0.751. The highest BCUT2D eigenvalue weighted by molar-refractivity contribution is 7.10. The second-order valence-corrected chi connectivity index (χ2v) is 4.05. The minimum Gasteiger partial charge on any atom is -0.497 e. The average molecular weight is 205 g/mol. The Balaban J connectivity index is 2.47. The van der Waals surface area contributed by atoms with Gasteiger partial charge in [-0.2, -0.15) is 0 Å². The van der Waals surface area contributed by atoms with E-state index in [2.05, 4.69) is 11.9 Å². The predicted molar refractivity (Wildman–Crippen MR) is 58.8 cm³/mol. The van der Waals surface area contributed by atoms with Crippen molar-refractivity contribution in [2.75, 3.05) is 7.11 Å². The van der Waals surface area contributed by atoms with Gasteiger partial charge in [0.15, 0.2) is 0 Å². The minimum absolute atomic E-state index is 0.870. The fourth-order valence-electron chi connectivity index (χ4n) is 1.35. The molecule has 0 bridgehead atoms. The number of ether oxygens (including phenoxy) is 1. The van der Waals surface area contributed by atoms with E-state index in [1.165, 1.54) is 4.88 Å². The Labute approximate surface area is 87.2 Å². The summed E-state index contributed by atoms with van der Waals surface area (Å²) >= 11 is 1.66. The van der Waals surface area contributed by atoms with Crippen LogP contribution in [0, 0.1) is 6.92 Å². The van der Waals surface area contributed by atoms with Crippen LogP contribution in [0.3, 0.4) is 0 Å². The third-order valence-corrected chi connectivity index (χ3v) is 2.85. The van der Waals surface area contributed by atoms with E-state index < -0.39 is 0 Å². The molecule has 0 amide bonds. The monoisotopic (exact) mass is 205 g/mol. The fourth-order valence-corrected chi connectivity index (χ4v) is 1.95. The van der Waals surface area contributed by atoms with Gasteiger partial charge in [-0.1, -0.05) is 12.1 Å². The second kappa shape index (κ2) is 3.80. The number of hydrogen-bond donors (Lipinski definition) is 0. The number of hydrogen-bond acceptors (Lipinski definition) is 3. The molecule has 0 aliphatic heterocycles. The lowest BCUT2D eigenvalue weighted by Gasteiger charge is -2.02. The van der Waals surface area contributed by atoms with Gasteiger partial charge in [-0.25, -0.2) is 4.98 Å². The number of aromatic nitrogens is 1. The summed E-state index contributed by atoms with van der Waals surface area (Å²) in [7, 11) is 1.67. The highest BCUT2D eigenvalue weighted by Crippen LogP contribution is 2.26. The van der Waals surface area contributed by atoms with E-state index in [1.54, 1.807) is 18.4 Å². The molecule has 0 N–H and O–H groups in total. The fraction of sp³-hybridized carbons (Fsp3) is 0.182. The van der Waals surface area contributed by atoms with E-state index in [0.29, 0.717) is 0 Å². The number of thiazole rings is 1. The van der Waals surface area contributed by atoms with Gasteiger partial charge in [-0.3, -0.25) is 0 Å². The van der Waals surface area contributed by atoms with Crippen LogP contribution in [0.5, 0.6) is 5.75 Å². The number of benzene rings is 1. The molecule has 2 aromatic rings. The van der Waals surface area contributed by atoms with Crippen LogP contribution in [-0.2, 0) is 0 Å². The lowest BCUT2D eigenvalue weighted by molar-refractivity contribution is 0.415. The Morgan fingerprint density at radius 3 is 2.86 bits per heavy atom. The third kappa shape index (κ3) is 1.63. The number of rotatable bonds is 2. The Bertz CT molecular complexity index is 436. The number of aryl methyl sites for hydroxylation is 1. The lowest BCUT2D eigenvalue weighted by atomic mass is 10.1. The van der Waals surface area contributed by atoms with Crippen molar-refractivity contribution in [3.8, 4) is 17.0 Å². The summed E-state index contributed by atoms with van der Waals surface area (Å²) in [5.74, 6) is 0.870. The van der Waals surface area contributed by atoms with Gasteiger partial charge < -0.3 is 4.74 Å². The van der Waals surface area contributed by atoms with Crippen molar-refractivity contribution in [1.29, 1.82) is 0 Å². The summed E-state index contributed by atoms with van der Waals surface area (Å²) in [6.45, 7) is 2.08. The van der Waals surface area contributed by atoms with Gasteiger partial charge in [0.1, 0.15) is 5.75 Å². The van der Waals surface area contributed by atoms with Crippen molar-refractivity contribution in [2.45, 2.75) is 6.92 Å². The first kappa shape index (κ1) is 9.21. The predicted octanol–water partition coefficient (Wildman–Crippen LogP) is 3.13. The molecule has 2 nitrogen and oxygen atoms in total. The standard InChI is InChI=1S/C11H11NOS/c1-8-11(12-7-14-8)9-4-3-5-10(6-9)13-2/h3-7H,1-2H3. The van der Waals surface area contributed by atoms with Gasteiger partial charge in [0, 0.05) is 10.4 Å². The second-order valence-electron chi connectivity index (χ2n) is 2.99. The lowest BCUT2D eigenvalue weighted by Crippen LogP contribution is -1.84. The van der Waals surface area contributed by atoms with E-state index in [0.717, 1.165) is 17.0 Å². The molecular weight excluding hydrogens is 194 g/mol.